The summed E-state index contributed by atoms with van der Waals surface area (Å²) in [5.74, 6) is 1.22. The molecular formula is C8H11N5. The molecular weight excluding hydrogens is 166 g/mol. The minimum atomic E-state index is -0.151. The first-order valence-corrected chi connectivity index (χ1v) is 4.11. The molecule has 68 valence electrons. The first-order valence-electron chi connectivity index (χ1n) is 4.11. The van der Waals surface area contributed by atoms with E-state index < -0.39 is 0 Å². The highest BCUT2D eigenvalue weighted by Crippen LogP contribution is 2.05. The maximum atomic E-state index is 5.65. The molecule has 0 spiro atoms. The van der Waals surface area contributed by atoms with Gasteiger partial charge in [-0.05, 0) is 19.4 Å². The van der Waals surface area contributed by atoms with Crippen LogP contribution in [-0.2, 0) is 0 Å². The van der Waals surface area contributed by atoms with E-state index in [0.717, 1.165) is 5.56 Å². The number of hydrogen-bond acceptors (Lipinski definition) is 4. The summed E-state index contributed by atoms with van der Waals surface area (Å²) < 4.78 is 1.65. The molecule has 0 bridgehead atoms. The normalized spacial score (nSPS) is 13.5. The number of fused-ring (bicyclic) bond motifs is 1. The van der Waals surface area contributed by atoms with Gasteiger partial charge in [-0.2, -0.15) is 4.98 Å². The Bertz CT molecular complexity index is 431. The van der Waals surface area contributed by atoms with Crippen LogP contribution in [-0.4, -0.2) is 19.6 Å². The second-order valence-corrected chi connectivity index (χ2v) is 3.13. The summed E-state index contributed by atoms with van der Waals surface area (Å²) in [6, 6.07) is -0.151. The van der Waals surface area contributed by atoms with Crippen LogP contribution in [0.4, 0.5) is 0 Å². The van der Waals surface area contributed by atoms with E-state index in [-0.39, 0.29) is 6.04 Å². The molecule has 0 aliphatic rings. The van der Waals surface area contributed by atoms with Crippen molar-refractivity contribution in [2.45, 2.75) is 19.9 Å². The van der Waals surface area contributed by atoms with Gasteiger partial charge < -0.3 is 5.73 Å². The van der Waals surface area contributed by atoms with Crippen molar-refractivity contribution in [2.75, 3.05) is 0 Å². The number of nitrogens with two attached hydrogens (primary N) is 1. The lowest BCUT2D eigenvalue weighted by atomic mass is 10.3. The Morgan fingerprint density at radius 2 is 2.31 bits per heavy atom. The Morgan fingerprint density at radius 3 is 3.00 bits per heavy atom. The van der Waals surface area contributed by atoms with Crippen LogP contribution < -0.4 is 5.73 Å². The average molecular weight is 177 g/mol. The van der Waals surface area contributed by atoms with E-state index >= 15 is 0 Å². The Labute approximate surface area is 75.6 Å². The molecule has 0 radical (unpaired) electrons. The lowest BCUT2D eigenvalue weighted by Crippen LogP contribution is -2.07. The molecule has 2 heterocycles. The zero-order chi connectivity index (χ0) is 9.42. The third-order valence-corrected chi connectivity index (χ3v) is 1.75. The summed E-state index contributed by atoms with van der Waals surface area (Å²) in [7, 11) is 0. The molecule has 2 rings (SSSR count). The van der Waals surface area contributed by atoms with Gasteiger partial charge >= 0.3 is 0 Å². The van der Waals surface area contributed by atoms with Gasteiger partial charge in [-0.1, -0.05) is 0 Å². The molecule has 0 fully saturated rings. The molecule has 0 aliphatic heterocycles. The molecule has 5 nitrogen and oxygen atoms in total. The van der Waals surface area contributed by atoms with Gasteiger partial charge in [0.05, 0.1) is 6.04 Å². The summed E-state index contributed by atoms with van der Waals surface area (Å²) in [6.07, 6.45) is 3.64. The molecule has 0 amide bonds. The number of nitrogens with zero attached hydrogens (tertiary/aromatic N) is 4. The van der Waals surface area contributed by atoms with Crippen molar-refractivity contribution in [1.82, 2.24) is 19.6 Å². The Kier molecular flexibility index (Phi) is 1.73. The maximum absolute atomic E-state index is 5.65. The summed E-state index contributed by atoms with van der Waals surface area (Å²) in [4.78, 5) is 8.29. The van der Waals surface area contributed by atoms with Crippen molar-refractivity contribution in [3.05, 3.63) is 23.8 Å². The first-order chi connectivity index (χ1) is 6.16. The van der Waals surface area contributed by atoms with Crippen LogP contribution in [0.1, 0.15) is 24.4 Å². The van der Waals surface area contributed by atoms with E-state index in [4.69, 9.17) is 5.73 Å². The van der Waals surface area contributed by atoms with E-state index in [1.165, 1.54) is 0 Å². The molecule has 1 unspecified atom stereocenters. The molecule has 2 aromatic rings. The summed E-state index contributed by atoms with van der Waals surface area (Å²) in [6.45, 7) is 3.81. The van der Waals surface area contributed by atoms with Crippen molar-refractivity contribution >= 4 is 5.78 Å². The summed E-state index contributed by atoms with van der Waals surface area (Å²) in [5, 5.41) is 4.19. The van der Waals surface area contributed by atoms with Crippen LogP contribution in [0.3, 0.4) is 0 Å². The third-order valence-electron chi connectivity index (χ3n) is 1.75. The van der Waals surface area contributed by atoms with Crippen LogP contribution in [0.25, 0.3) is 5.78 Å². The first kappa shape index (κ1) is 8.12. The number of aromatic nitrogens is 4. The standard InChI is InChI=1S/C8H11N5/c1-5-3-10-8-11-7(6(2)9)12-13(8)4-5/h3-4,6H,9H2,1-2H3. The van der Waals surface area contributed by atoms with E-state index in [0.29, 0.717) is 11.6 Å². The van der Waals surface area contributed by atoms with Gasteiger partial charge in [-0.25, -0.2) is 9.50 Å². The molecule has 13 heavy (non-hydrogen) atoms. The molecule has 2 N–H and O–H groups in total. The summed E-state index contributed by atoms with van der Waals surface area (Å²) >= 11 is 0. The maximum Gasteiger partial charge on any atom is 0.252 e. The lowest BCUT2D eigenvalue weighted by Gasteiger charge is -1.93. The monoisotopic (exact) mass is 177 g/mol. The van der Waals surface area contributed by atoms with Crippen molar-refractivity contribution in [2.24, 2.45) is 5.73 Å². The van der Waals surface area contributed by atoms with Gasteiger partial charge in [0, 0.05) is 12.4 Å². The van der Waals surface area contributed by atoms with Crippen LogP contribution in [0, 0.1) is 6.92 Å². The smallest absolute Gasteiger partial charge is 0.252 e. The van der Waals surface area contributed by atoms with Crippen LogP contribution in [0.5, 0.6) is 0 Å². The molecule has 1 atom stereocenters. The minimum absolute atomic E-state index is 0.151. The van der Waals surface area contributed by atoms with Gasteiger partial charge in [0.15, 0.2) is 5.82 Å². The van der Waals surface area contributed by atoms with Crippen LogP contribution in [0.2, 0.25) is 0 Å². The predicted octanol–water partition coefficient (Wildman–Crippen LogP) is 0.452. The van der Waals surface area contributed by atoms with Gasteiger partial charge in [0.1, 0.15) is 0 Å². The molecule has 0 aliphatic carbocycles. The highest BCUT2D eigenvalue weighted by Gasteiger charge is 2.07. The largest absolute Gasteiger partial charge is 0.321 e. The fraction of sp³-hybridized carbons (Fsp3) is 0.375. The van der Waals surface area contributed by atoms with Crippen molar-refractivity contribution < 1.29 is 0 Å². The topological polar surface area (TPSA) is 69.1 Å². The highest BCUT2D eigenvalue weighted by atomic mass is 15.3. The summed E-state index contributed by atoms with van der Waals surface area (Å²) in [5.41, 5.74) is 6.70. The predicted molar refractivity (Wildman–Crippen MR) is 48.1 cm³/mol. The molecule has 5 heteroatoms. The SMILES string of the molecule is Cc1cnc2nc(C(C)N)nn2c1. The number of hydrogen-bond donors (Lipinski definition) is 1. The van der Waals surface area contributed by atoms with E-state index in [2.05, 4.69) is 15.1 Å². The van der Waals surface area contributed by atoms with Gasteiger partial charge in [-0.3, -0.25) is 0 Å². The Morgan fingerprint density at radius 1 is 1.54 bits per heavy atom. The van der Waals surface area contributed by atoms with Crippen LogP contribution >= 0.6 is 0 Å². The molecule has 0 saturated carbocycles. The zero-order valence-electron chi connectivity index (χ0n) is 7.60. The van der Waals surface area contributed by atoms with E-state index in [1.807, 2.05) is 20.0 Å². The van der Waals surface area contributed by atoms with Crippen molar-refractivity contribution in [3.8, 4) is 0 Å². The van der Waals surface area contributed by atoms with Gasteiger partial charge in [0.25, 0.3) is 5.78 Å². The Hall–Kier alpha value is -1.49. The average Bonchev–Trinajstić information content (AvgIpc) is 2.46. The second kappa shape index (κ2) is 2.77. The number of rotatable bonds is 1. The highest BCUT2D eigenvalue weighted by molar-refractivity contribution is 5.27. The van der Waals surface area contributed by atoms with Crippen LogP contribution in [0.15, 0.2) is 12.4 Å². The zero-order valence-corrected chi connectivity index (χ0v) is 7.60. The molecule has 2 aromatic heterocycles. The quantitative estimate of drug-likeness (QED) is 0.686. The Balaban J connectivity index is 2.62. The second-order valence-electron chi connectivity index (χ2n) is 3.13. The fourth-order valence-electron chi connectivity index (χ4n) is 1.08. The van der Waals surface area contributed by atoms with Gasteiger partial charge in [-0.15, -0.1) is 5.10 Å². The lowest BCUT2D eigenvalue weighted by molar-refractivity contribution is 0.733. The molecule has 0 aromatic carbocycles. The van der Waals surface area contributed by atoms with E-state index in [1.54, 1.807) is 10.7 Å². The van der Waals surface area contributed by atoms with Crippen molar-refractivity contribution in [3.63, 3.8) is 0 Å². The van der Waals surface area contributed by atoms with Gasteiger partial charge in [0.2, 0.25) is 0 Å². The molecule has 0 saturated heterocycles. The van der Waals surface area contributed by atoms with E-state index in [9.17, 15) is 0 Å². The minimum Gasteiger partial charge on any atom is -0.321 e. The third kappa shape index (κ3) is 1.38. The van der Waals surface area contributed by atoms with Crippen molar-refractivity contribution in [1.29, 1.82) is 0 Å². The number of aryl methyl sites for hydroxylation is 1. The fourth-order valence-corrected chi connectivity index (χ4v) is 1.08.